The number of amides is 1. The molecule has 1 amide bonds. The van der Waals surface area contributed by atoms with Crippen LogP contribution in [-0.4, -0.2) is 64.5 Å². The largest absolute Gasteiger partial charge is 0.496 e. The fourth-order valence-corrected chi connectivity index (χ4v) is 4.95. The van der Waals surface area contributed by atoms with Crippen LogP contribution < -0.4 is 10.1 Å². The number of benzene rings is 2. The molecule has 3 heterocycles. The zero-order valence-corrected chi connectivity index (χ0v) is 22.5. The molecule has 2 aromatic carbocycles. The first-order valence-electron chi connectivity index (χ1n) is 12.3. The molecular weight excluding hydrogens is 484 g/mol. The van der Waals surface area contributed by atoms with Gasteiger partial charge in [-0.3, -0.25) is 9.69 Å². The molecule has 1 aliphatic heterocycles. The molecule has 0 fully saturated rings. The molecule has 0 unspecified atom stereocenters. The molecule has 0 spiro atoms. The van der Waals surface area contributed by atoms with E-state index in [1.165, 1.54) is 0 Å². The second kappa shape index (κ2) is 11.7. The van der Waals surface area contributed by atoms with Crippen molar-refractivity contribution >= 4 is 41.9 Å². The van der Waals surface area contributed by atoms with Crippen molar-refractivity contribution in [3.63, 3.8) is 0 Å². The lowest BCUT2D eigenvalue weighted by Crippen LogP contribution is -2.47. The summed E-state index contributed by atoms with van der Waals surface area (Å²) in [6.45, 7) is 1.22. The molecule has 4 aromatic rings. The Kier molecular flexibility index (Phi) is 8.35. The number of methoxy groups -OCH3 is 1. The van der Waals surface area contributed by atoms with E-state index in [1.54, 1.807) is 13.4 Å². The van der Waals surface area contributed by atoms with E-state index in [1.807, 2.05) is 55.5 Å². The van der Waals surface area contributed by atoms with E-state index < -0.39 is 0 Å². The summed E-state index contributed by atoms with van der Waals surface area (Å²) in [5.74, 6) is 1.67. The van der Waals surface area contributed by atoms with Crippen LogP contribution in [0.2, 0.25) is 0 Å². The number of anilines is 2. The average Bonchev–Trinajstić information content (AvgIpc) is 3.31. The summed E-state index contributed by atoms with van der Waals surface area (Å²) in [6, 6.07) is 15.9. The van der Waals surface area contributed by atoms with Crippen molar-refractivity contribution in [2.45, 2.75) is 31.8 Å². The first-order chi connectivity index (χ1) is 17.5. The second-order valence-corrected chi connectivity index (χ2v) is 9.40. The maximum absolute atomic E-state index is 13.7. The first kappa shape index (κ1) is 26.5. The average molecular weight is 519 g/mol. The van der Waals surface area contributed by atoms with Crippen LogP contribution in [0.4, 0.5) is 11.5 Å². The highest BCUT2D eigenvalue weighted by Crippen LogP contribution is 2.30. The third-order valence-corrected chi connectivity index (χ3v) is 6.92. The molecular formula is C28H34N6O2S. The molecule has 2 bridgehead atoms. The van der Waals surface area contributed by atoms with Crippen LogP contribution in [0.1, 0.15) is 23.1 Å². The maximum Gasteiger partial charge on any atom is 0.240 e. The van der Waals surface area contributed by atoms with Gasteiger partial charge < -0.3 is 19.9 Å². The van der Waals surface area contributed by atoms with Crippen LogP contribution in [0.25, 0.3) is 11.0 Å². The molecule has 5 rings (SSSR count). The van der Waals surface area contributed by atoms with Crippen LogP contribution in [-0.2, 0) is 24.2 Å². The Morgan fingerprint density at radius 2 is 1.89 bits per heavy atom. The molecule has 0 saturated heterocycles. The highest BCUT2D eigenvalue weighted by atomic mass is 32.1. The first-order valence-corrected chi connectivity index (χ1v) is 12.3. The minimum atomic E-state index is -0.300. The summed E-state index contributed by atoms with van der Waals surface area (Å²) in [6.07, 6.45) is 5.85. The summed E-state index contributed by atoms with van der Waals surface area (Å²) >= 11 is 0. The fraction of sp³-hybridized carbons (Fsp3) is 0.321. The number of hydrogen-bond acceptors (Lipinski definition) is 6. The van der Waals surface area contributed by atoms with Crippen LogP contribution >= 0.6 is 13.5 Å². The SMILES string of the molecule is COc1ccc2cc1CN(C)[C@@H](Cc1ccccc1)C(=O)N(C)CCCc1c[nH]c3ncnc(c13)N2.S. The van der Waals surface area contributed by atoms with Crippen molar-refractivity contribution in [3.05, 3.63) is 77.7 Å². The van der Waals surface area contributed by atoms with Gasteiger partial charge in [-0.2, -0.15) is 13.5 Å². The summed E-state index contributed by atoms with van der Waals surface area (Å²) < 4.78 is 5.69. The van der Waals surface area contributed by atoms with E-state index in [0.29, 0.717) is 19.5 Å². The number of nitrogens with zero attached hydrogens (tertiary/aromatic N) is 4. The van der Waals surface area contributed by atoms with Gasteiger partial charge in [-0.15, -0.1) is 0 Å². The van der Waals surface area contributed by atoms with Gasteiger partial charge in [0.25, 0.3) is 0 Å². The number of rotatable bonds is 3. The molecule has 0 aliphatic carbocycles. The number of aromatic nitrogens is 3. The van der Waals surface area contributed by atoms with Crippen LogP contribution in [0, 0.1) is 0 Å². The van der Waals surface area contributed by atoms with E-state index in [-0.39, 0.29) is 25.4 Å². The number of H-pyrrole nitrogens is 1. The molecule has 9 heteroatoms. The molecule has 2 N–H and O–H groups in total. The van der Waals surface area contributed by atoms with Crippen LogP contribution in [0.3, 0.4) is 0 Å². The molecule has 2 aromatic heterocycles. The number of carbonyl (C=O) groups is 1. The Balaban J connectivity index is 0.00000320. The summed E-state index contributed by atoms with van der Waals surface area (Å²) in [5.41, 5.74) is 4.97. The van der Waals surface area contributed by atoms with E-state index in [2.05, 4.69) is 43.4 Å². The van der Waals surface area contributed by atoms with Gasteiger partial charge in [0, 0.05) is 37.6 Å². The second-order valence-electron chi connectivity index (χ2n) is 9.40. The van der Waals surface area contributed by atoms with Crippen molar-refractivity contribution in [3.8, 4) is 5.75 Å². The van der Waals surface area contributed by atoms with Crippen molar-refractivity contribution < 1.29 is 9.53 Å². The van der Waals surface area contributed by atoms with Crippen LogP contribution in [0.5, 0.6) is 5.75 Å². The lowest BCUT2D eigenvalue weighted by atomic mass is 10.0. The lowest BCUT2D eigenvalue weighted by molar-refractivity contribution is -0.135. The van der Waals surface area contributed by atoms with E-state index in [0.717, 1.165) is 57.8 Å². The van der Waals surface area contributed by atoms with Crippen molar-refractivity contribution in [2.75, 3.05) is 33.1 Å². The zero-order valence-electron chi connectivity index (χ0n) is 21.5. The highest BCUT2D eigenvalue weighted by Gasteiger charge is 2.27. The van der Waals surface area contributed by atoms with Gasteiger partial charge in [-0.05, 0) is 55.6 Å². The van der Waals surface area contributed by atoms with Crippen molar-refractivity contribution in [1.29, 1.82) is 0 Å². The number of nitrogens with one attached hydrogen (secondary N) is 2. The Bertz CT molecular complexity index is 1360. The summed E-state index contributed by atoms with van der Waals surface area (Å²) in [5, 5.41) is 4.48. The standard InChI is InChI=1S/C28H32N6O2.H2S/c1-33-13-7-10-20-16-29-26-25(20)27(31-18-30-26)32-22-11-12-24(36-3)21(15-22)17-34(2)23(28(33)35)14-19-8-5-4-6-9-19;/h4-6,8-9,11-12,15-16,18,23H,7,10,13-14,17H2,1-3H3,(H2,29,30,31,32);1H2/t23-;/m0./s1. The van der Waals surface area contributed by atoms with Gasteiger partial charge in [-0.25, -0.2) is 9.97 Å². The monoisotopic (exact) mass is 518 g/mol. The zero-order chi connectivity index (χ0) is 25.1. The molecule has 0 saturated carbocycles. The number of likely N-dealkylation sites (N-methyl/N-ethyl adjacent to an activating group) is 2. The normalized spacial score (nSPS) is 16.9. The number of aromatic amines is 1. The third kappa shape index (κ3) is 5.73. The lowest BCUT2D eigenvalue weighted by Gasteiger charge is -2.31. The number of carbonyl (C=O) groups excluding carboxylic acids is 1. The van der Waals surface area contributed by atoms with E-state index in [9.17, 15) is 4.79 Å². The van der Waals surface area contributed by atoms with E-state index in [4.69, 9.17) is 4.74 Å². The Hall–Kier alpha value is -3.56. The van der Waals surface area contributed by atoms with Gasteiger partial charge in [-0.1, -0.05) is 30.3 Å². The number of aryl methyl sites for hydroxylation is 1. The van der Waals surface area contributed by atoms with E-state index >= 15 is 0 Å². The Morgan fingerprint density at radius 3 is 2.68 bits per heavy atom. The minimum Gasteiger partial charge on any atom is -0.496 e. The summed E-state index contributed by atoms with van der Waals surface area (Å²) in [7, 11) is 5.59. The van der Waals surface area contributed by atoms with Gasteiger partial charge >= 0.3 is 0 Å². The van der Waals surface area contributed by atoms with Gasteiger partial charge in [0.15, 0.2) is 0 Å². The molecule has 0 radical (unpaired) electrons. The van der Waals surface area contributed by atoms with Gasteiger partial charge in [0.2, 0.25) is 5.91 Å². The molecule has 1 aliphatic rings. The van der Waals surface area contributed by atoms with Crippen molar-refractivity contribution in [2.24, 2.45) is 0 Å². The number of ether oxygens (including phenoxy) is 1. The molecule has 8 nitrogen and oxygen atoms in total. The predicted octanol–water partition coefficient (Wildman–Crippen LogP) is 4.27. The van der Waals surface area contributed by atoms with Gasteiger partial charge in [0.1, 0.15) is 23.5 Å². The number of hydrogen-bond donors (Lipinski definition) is 2. The molecule has 1 atom stereocenters. The highest BCUT2D eigenvalue weighted by molar-refractivity contribution is 7.59. The third-order valence-electron chi connectivity index (χ3n) is 6.92. The summed E-state index contributed by atoms with van der Waals surface area (Å²) in [4.78, 5) is 29.9. The smallest absolute Gasteiger partial charge is 0.240 e. The minimum absolute atomic E-state index is 0. The van der Waals surface area contributed by atoms with Gasteiger partial charge in [0.05, 0.1) is 18.5 Å². The molecule has 194 valence electrons. The Morgan fingerprint density at radius 1 is 1.08 bits per heavy atom. The number of fused-ring (bicyclic) bond motifs is 2. The predicted molar refractivity (Wildman–Crippen MR) is 152 cm³/mol. The topological polar surface area (TPSA) is 86.4 Å². The fourth-order valence-electron chi connectivity index (χ4n) is 4.95. The van der Waals surface area contributed by atoms with Crippen LogP contribution in [0.15, 0.2) is 61.1 Å². The maximum atomic E-state index is 13.7. The Labute approximate surface area is 224 Å². The van der Waals surface area contributed by atoms with Crippen molar-refractivity contribution in [1.82, 2.24) is 24.8 Å². The molecule has 37 heavy (non-hydrogen) atoms. The quantitative estimate of drug-likeness (QED) is 0.421.